The fourth-order valence-electron chi connectivity index (χ4n) is 2.34. The molecule has 0 amide bonds. The van der Waals surface area contributed by atoms with Crippen molar-refractivity contribution in [3.05, 3.63) is 52.5 Å². The van der Waals surface area contributed by atoms with Gasteiger partial charge < -0.3 is 0 Å². The summed E-state index contributed by atoms with van der Waals surface area (Å²) in [5.41, 5.74) is 3.38. The Labute approximate surface area is 119 Å². The molecule has 1 aromatic carbocycles. The minimum absolute atomic E-state index is 0.632. The van der Waals surface area contributed by atoms with E-state index in [4.69, 9.17) is 0 Å². The van der Waals surface area contributed by atoms with Crippen LogP contribution >= 0.6 is 0 Å². The maximum atomic E-state index is 11.2. The van der Waals surface area contributed by atoms with E-state index in [1.807, 2.05) is 6.07 Å². The van der Waals surface area contributed by atoms with E-state index >= 15 is 0 Å². The van der Waals surface area contributed by atoms with Crippen molar-refractivity contribution in [1.82, 2.24) is 14.8 Å². The Kier molecular flexibility index (Phi) is 4.98. The third-order valence-electron chi connectivity index (χ3n) is 3.47. The van der Waals surface area contributed by atoms with Gasteiger partial charge in [-0.1, -0.05) is 38.5 Å². The van der Waals surface area contributed by atoms with Gasteiger partial charge in [-0.05, 0) is 35.6 Å². The van der Waals surface area contributed by atoms with E-state index in [1.165, 1.54) is 35.7 Å². The van der Waals surface area contributed by atoms with Crippen molar-refractivity contribution in [2.75, 3.05) is 0 Å². The van der Waals surface area contributed by atoms with Crippen LogP contribution in [0.3, 0.4) is 0 Å². The quantitative estimate of drug-likeness (QED) is 0.725. The molecule has 0 aliphatic carbocycles. The molecule has 106 valence electrons. The molecule has 1 unspecified atom stereocenters. The molecule has 0 fully saturated rings. The van der Waals surface area contributed by atoms with E-state index < -0.39 is 6.17 Å². The van der Waals surface area contributed by atoms with Gasteiger partial charge in [-0.25, -0.2) is 9.67 Å². The molecule has 5 nitrogen and oxygen atoms in total. The van der Waals surface area contributed by atoms with Crippen LogP contribution in [0.1, 0.15) is 49.5 Å². The van der Waals surface area contributed by atoms with Crippen LogP contribution in [0.2, 0.25) is 0 Å². The molecule has 0 aliphatic rings. The first-order valence-electron chi connectivity index (χ1n) is 7.08. The van der Waals surface area contributed by atoms with Gasteiger partial charge in [-0.3, -0.25) is 0 Å². The van der Waals surface area contributed by atoms with Crippen LogP contribution < -0.4 is 0 Å². The molecule has 0 saturated heterocycles. The first-order chi connectivity index (χ1) is 9.80. The number of rotatable bonds is 7. The van der Waals surface area contributed by atoms with Gasteiger partial charge in [0.05, 0.1) is 0 Å². The number of benzene rings is 1. The Morgan fingerprint density at radius 1 is 1.35 bits per heavy atom. The maximum absolute atomic E-state index is 11.2. The summed E-state index contributed by atoms with van der Waals surface area (Å²) >= 11 is 0. The fourth-order valence-corrected chi connectivity index (χ4v) is 2.34. The monoisotopic (exact) mass is 272 g/mol. The second-order valence-electron chi connectivity index (χ2n) is 4.84. The average molecular weight is 272 g/mol. The lowest BCUT2D eigenvalue weighted by Crippen LogP contribution is -2.11. The highest BCUT2D eigenvalue weighted by atomic mass is 16.3. The summed E-state index contributed by atoms with van der Waals surface area (Å²) in [6.45, 7) is 4.28. The van der Waals surface area contributed by atoms with Crippen LogP contribution in [0.15, 0.2) is 36.0 Å². The number of hydrogen-bond acceptors (Lipinski definition) is 4. The molecule has 2 rings (SSSR count). The van der Waals surface area contributed by atoms with Gasteiger partial charge in [0.1, 0.15) is 12.7 Å². The molecular weight excluding hydrogens is 252 g/mol. The Morgan fingerprint density at radius 2 is 2.20 bits per heavy atom. The summed E-state index contributed by atoms with van der Waals surface area (Å²) in [7, 11) is 0. The van der Waals surface area contributed by atoms with Gasteiger partial charge in [-0.2, -0.15) is 5.10 Å². The summed E-state index contributed by atoms with van der Waals surface area (Å²) in [6, 6.07) is 6.26. The molecule has 5 heteroatoms. The highest BCUT2D eigenvalue weighted by Gasteiger charge is 2.18. The maximum Gasteiger partial charge on any atom is 0.210 e. The van der Waals surface area contributed by atoms with Crippen molar-refractivity contribution in [3.63, 3.8) is 0 Å². The molecule has 1 heterocycles. The number of nitroso groups, excluding NO2 is 1. The highest BCUT2D eigenvalue weighted by Crippen LogP contribution is 2.24. The van der Waals surface area contributed by atoms with Gasteiger partial charge >= 0.3 is 0 Å². The van der Waals surface area contributed by atoms with E-state index in [0.29, 0.717) is 0 Å². The standard InChI is InChI=1S/C15H20N4O/c1-3-5-6-12-7-8-14(13(4-2)9-12)15(18-20)19-11-16-10-17-19/h7-11,15H,3-6H2,1-2H3. The normalized spacial score (nSPS) is 12.3. The molecule has 0 aliphatic heterocycles. The second kappa shape index (κ2) is 6.93. The van der Waals surface area contributed by atoms with E-state index in [9.17, 15) is 4.91 Å². The van der Waals surface area contributed by atoms with E-state index in [0.717, 1.165) is 24.0 Å². The van der Waals surface area contributed by atoms with Gasteiger partial charge in [-0.15, -0.1) is 4.91 Å². The smallest absolute Gasteiger partial charge is 0.210 e. The molecule has 0 spiro atoms. The number of aromatic nitrogens is 3. The van der Waals surface area contributed by atoms with E-state index in [1.54, 1.807) is 0 Å². The fraction of sp³-hybridized carbons (Fsp3) is 0.467. The Hall–Kier alpha value is -2.04. The lowest BCUT2D eigenvalue weighted by atomic mass is 9.97. The molecule has 0 N–H and O–H groups in total. The molecule has 0 saturated carbocycles. The summed E-state index contributed by atoms with van der Waals surface area (Å²) in [5.74, 6) is 0. The van der Waals surface area contributed by atoms with Crippen LogP contribution in [0.25, 0.3) is 0 Å². The number of unbranched alkanes of at least 4 members (excludes halogenated alkanes) is 1. The molecule has 0 bridgehead atoms. The van der Waals surface area contributed by atoms with E-state index in [2.05, 4.69) is 41.2 Å². The van der Waals surface area contributed by atoms with Crippen molar-refractivity contribution in [2.24, 2.45) is 5.18 Å². The lowest BCUT2D eigenvalue weighted by molar-refractivity contribution is 0.535. The lowest BCUT2D eigenvalue weighted by Gasteiger charge is -2.15. The summed E-state index contributed by atoms with van der Waals surface area (Å²) in [5, 5.41) is 7.23. The van der Waals surface area contributed by atoms with Crippen molar-refractivity contribution in [2.45, 2.75) is 45.7 Å². The zero-order chi connectivity index (χ0) is 14.4. The molecule has 1 aromatic heterocycles. The van der Waals surface area contributed by atoms with Crippen molar-refractivity contribution in [1.29, 1.82) is 0 Å². The highest BCUT2D eigenvalue weighted by molar-refractivity contribution is 5.34. The Balaban J connectivity index is 2.32. The third kappa shape index (κ3) is 3.10. The molecule has 20 heavy (non-hydrogen) atoms. The molecule has 1 atom stereocenters. The summed E-state index contributed by atoms with van der Waals surface area (Å²) in [4.78, 5) is 15.1. The van der Waals surface area contributed by atoms with Gasteiger partial charge in [0.15, 0.2) is 0 Å². The van der Waals surface area contributed by atoms with E-state index in [-0.39, 0.29) is 0 Å². The Morgan fingerprint density at radius 3 is 2.80 bits per heavy atom. The van der Waals surface area contributed by atoms with Crippen molar-refractivity contribution in [3.8, 4) is 0 Å². The van der Waals surface area contributed by atoms with Crippen LogP contribution in [0, 0.1) is 4.91 Å². The molecular formula is C15H20N4O. The summed E-state index contributed by atoms with van der Waals surface area (Å²) in [6.07, 6.45) is 6.62. The first kappa shape index (κ1) is 14.4. The topological polar surface area (TPSA) is 60.1 Å². The number of nitrogens with zero attached hydrogens (tertiary/aromatic N) is 4. The number of aryl methyl sites for hydroxylation is 2. The van der Waals surface area contributed by atoms with Crippen molar-refractivity contribution >= 4 is 0 Å². The second-order valence-corrected chi connectivity index (χ2v) is 4.84. The van der Waals surface area contributed by atoms with Crippen LogP contribution in [0.5, 0.6) is 0 Å². The van der Waals surface area contributed by atoms with Gasteiger partial charge in [0.2, 0.25) is 6.17 Å². The predicted molar refractivity (Wildman–Crippen MR) is 78.4 cm³/mol. The van der Waals surface area contributed by atoms with Crippen LogP contribution in [-0.4, -0.2) is 14.8 Å². The van der Waals surface area contributed by atoms with Gasteiger partial charge in [0.25, 0.3) is 0 Å². The first-order valence-corrected chi connectivity index (χ1v) is 7.08. The summed E-state index contributed by atoms with van der Waals surface area (Å²) < 4.78 is 1.49. The largest absolute Gasteiger partial charge is 0.223 e. The molecule has 2 aromatic rings. The minimum atomic E-state index is -0.632. The van der Waals surface area contributed by atoms with Gasteiger partial charge in [0, 0.05) is 5.56 Å². The third-order valence-corrected chi connectivity index (χ3v) is 3.47. The zero-order valence-electron chi connectivity index (χ0n) is 12.0. The average Bonchev–Trinajstić information content (AvgIpc) is 3.00. The number of hydrogen-bond donors (Lipinski definition) is 0. The SMILES string of the molecule is CCCCc1ccc(C(N=O)n2cncn2)c(CC)c1. The minimum Gasteiger partial charge on any atom is -0.223 e. The van der Waals surface area contributed by atoms with Crippen LogP contribution in [-0.2, 0) is 12.8 Å². The van der Waals surface area contributed by atoms with Crippen LogP contribution in [0.4, 0.5) is 0 Å². The molecule has 0 radical (unpaired) electrons. The predicted octanol–water partition coefficient (Wildman–Crippen LogP) is 3.50. The zero-order valence-corrected chi connectivity index (χ0v) is 12.0. The van der Waals surface area contributed by atoms with Crippen molar-refractivity contribution < 1.29 is 0 Å². The Bertz CT molecular complexity index is 551.